The van der Waals surface area contributed by atoms with Crippen molar-refractivity contribution in [3.63, 3.8) is 0 Å². The molecule has 0 fully saturated rings. The maximum absolute atomic E-state index is 12.7. The quantitative estimate of drug-likeness (QED) is 0.836. The highest BCUT2D eigenvalue weighted by Gasteiger charge is 2.31. The maximum atomic E-state index is 12.7. The van der Waals surface area contributed by atoms with Crippen LogP contribution in [0.15, 0.2) is 41.3 Å². The number of ether oxygens (including phenoxy) is 1. The summed E-state index contributed by atoms with van der Waals surface area (Å²) in [7, 11) is 0. The molecular formula is C17H13F3N2O3. The van der Waals surface area contributed by atoms with Crippen molar-refractivity contribution >= 4 is 17.7 Å². The van der Waals surface area contributed by atoms with Gasteiger partial charge in [-0.2, -0.15) is 13.2 Å². The molecule has 0 saturated heterocycles. The number of rotatable bonds is 3. The molecule has 1 aliphatic heterocycles. The number of carbonyl (C=O) groups is 1. The van der Waals surface area contributed by atoms with Crippen molar-refractivity contribution in [1.29, 1.82) is 0 Å². The molecule has 2 aromatic rings. The Labute approximate surface area is 140 Å². The molecule has 25 heavy (non-hydrogen) atoms. The Kier molecular flexibility index (Phi) is 4.35. The second-order valence-electron chi connectivity index (χ2n) is 5.42. The van der Waals surface area contributed by atoms with Gasteiger partial charge in [-0.1, -0.05) is 6.07 Å². The molecule has 1 amide bonds. The number of H-pyrrole nitrogens is 1. The van der Waals surface area contributed by atoms with Crippen LogP contribution in [-0.4, -0.2) is 17.5 Å². The van der Waals surface area contributed by atoms with Gasteiger partial charge in [0.05, 0.1) is 12.2 Å². The molecule has 1 aromatic heterocycles. The van der Waals surface area contributed by atoms with Crippen LogP contribution in [-0.2, 0) is 17.4 Å². The molecule has 0 bridgehead atoms. The number of hydrogen-bond donors (Lipinski definition) is 2. The third kappa shape index (κ3) is 3.90. The highest BCUT2D eigenvalue weighted by molar-refractivity contribution is 6.01. The van der Waals surface area contributed by atoms with Crippen LogP contribution in [0.1, 0.15) is 16.7 Å². The van der Waals surface area contributed by atoms with Gasteiger partial charge in [0, 0.05) is 18.7 Å². The summed E-state index contributed by atoms with van der Waals surface area (Å²) < 4.78 is 43.3. The van der Waals surface area contributed by atoms with E-state index in [9.17, 15) is 22.8 Å². The van der Waals surface area contributed by atoms with Gasteiger partial charge < -0.3 is 15.0 Å². The van der Waals surface area contributed by atoms with Crippen LogP contribution < -0.4 is 15.6 Å². The number of aromatic nitrogens is 1. The zero-order valence-electron chi connectivity index (χ0n) is 12.8. The SMILES string of the molecule is O=C(/C=C/c1ccc2c(c1)CCO2)Nc1cc(C(F)(F)F)c[nH]c1=O. The number of fused-ring (bicyclic) bond motifs is 1. The van der Waals surface area contributed by atoms with Gasteiger partial charge in [0.15, 0.2) is 0 Å². The monoisotopic (exact) mass is 350 g/mol. The lowest BCUT2D eigenvalue weighted by Gasteiger charge is -2.08. The number of anilines is 1. The average molecular weight is 350 g/mol. The van der Waals surface area contributed by atoms with E-state index in [2.05, 4.69) is 5.32 Å². The minimum Gasteiger partial charge on any atom is -0.493 e. The summed E-state index contributed by atoms with van der Waals surface area (Å²) in [6.07, 6.45) is -0.623. The van der Waals surface area contributed by atoms with E-state index in [-0.39, 0.29) is 0 Å². The fraction of sp³-hybridized carbons (Fsp3) is 0.176. The number of pyridine rings is 1. The van der Waals surface area contributed by atoms with E-state index >= 15 is 0 Å². The topological polar surface area (TPSA) is 71.2 Å². The van der Waals surface area contributed by atoms with E-state index in [1.165, 1.54) is 6.08 Å². The van der Waals surface area contributed by atoms with E-state index in [0.717, 1.165) is 29.4 Å². The molecule has 0 unspecified atom stereocenters. The summed E-state index contributed by atoms with van der Waals surface area (Å²) in [4.78, 5) is 25.4. The second kappa shape index (κ2) is 6.46. The average Bonchev–Trinajstić information content (AvgIpc) is 3.01. The molecule has 0 atom stereocenters. The zero-order chi connectivity index (χ0) is 18.0. The van der Waals surface area contributed by atoms with Gasteiger partial charge in [0.2, 0.25) is 5.91 Å². The predicted octanol–water partition coefficient (Wildman–Crippen LogP) is 2.98. The standard InChI is InChI=1S/C17H13F3N2O3/c18-17(19,20)12-8-13(16(24)21-9-12)22-15(23)4-2-10-1-3-14-11(7-10)5-6-25-14/h1-4,7-9H,5-6H2,(H,21,24)(H,22,23)/b4-2+. The van der Waals surface area contributed by atoms with Gasteiger partial charge in [-0.05, 0) is 35.4 Å². The van der Waals surface area contributed by atoms with Crippen LogP contribution in [0.3, 0.4) is 0 Å². The number of halogens is 3. The van der Waals surface area contributed by atoms with Gasteiger partial charge in [0.25, 0.3) is 5.56 Å². The summed E-state index contributed by atoms with van der Waals surface area (Å²) in [5.74, 6) is 0.0960. The molecule has 2 heterocycles. The highest BCUT2D eigenvalue weighted by atomic mass is 19.4. The van der Waals surface area contributed by atoms with E-state index in [0.29, 0.717) is 18.9 Å². The fourth-order valence-electron chi connectivity index (χ4n) is 2.40. The molecule has 0 radical (unpaired) electrons. The van der Waals surface area contributed by atoms with Crippen LogP contribution >= 0.6 is 0 Å². The summed E-state index contributed by atoms with van der Waals surface area (Å²) in [5, 5.41) is 2.15. The van der Waals surface area contributed by atoms with E-state index in [1.807, 2.05) is 11.1 Å². The second-order valence-corrected chi connectivity index (χ2v) is 5.42. The molecule has 5 nitrogen and oxygen atoms in total. The van der Waals surface area contributed by atoms with Gasteiger partial charge in [-0.25, -0.2) is 0 Å². The molecular weight excluding hydrogens is 337 g/mol. The third-order valence-electron chi connectivity index (χ3n) is 3.63. The summed E-state index contributed by atoms with van der Waals surface area (Å²) >= 11 is 0. The molecule has 1 aromatic carbocycles. The largest absolute Gasteiger partial charge is 0.493 e. The number of carbonyl (C=O) groups excluding carboxylic acids is 1. The lowest BCUT2D eigenvalue weighted by molar-refractivity contribution is -0.137. The van der Waals surface area contributed by atoms with Crippen molar-refractivity contribution in [2.75, 3.05) is 11.9 Å². The molecule has 8 heteroatoms. The van der Waals surface area contributed by atoms with Crippen molar-refractivity contribution in [2.45, 2.75) is 12.6 Å². The third-order valence-corrected chi connectivity index (χ3v) is 3.63. The van der Waals surface area contributed by atoms with Gasteiger partial charge in [-0.3, -0.25) is 9.59 Å². The predicted molar refractivity (Wildman–Crippen MR) is 85.4 cm³/mol. The first-order valence-corrected chi connectivity index (χ1v) is 7.37. The normalized spacial score (nSPS) is 13.6. The molecule has 0 aliphatic carbocycles. The van der Waals surface area contributed by atoms with E-state index < -0.39 is 28.9 Å². The van der Waals surface area contributed by atoms with Gasteiger partial charge in [-0.15, -0.1) is 0 Å². The Morgan fingerprint density at radius 3 is 2.84 bits per heavy atom. The summed E-state index contributed by atoms with van der Waals surface area (Å²) in [6, 6.07) is 6.00. The number of alkyl halides is 3. The summed E-state index contributed by atoms with van der Waals surface area (Å²) in [6.45, 7) is 0.612. The number of benzene rings is 1. The van der Waals surface area contributed by atoms with Crippen molar-refractivity contribution in [1.82, 2.24) is 4.98 Å². The fourth-order valence-corrected chi connectivity index (χ4v) is 2.40. The minimum absolute atomic E-state index is 0.466. The smallest absolute Gasteiger partial charge is 0.417 e. The minimum atomic E-state index is -4.62. The van der Waals surface area contributed by atoms with E-state index in [1.54, 1.807) is 12.1 Å². The van der Waals surface area contributed by atoms with Crippen molar-refractivity contribution in [2.24, 2.45) is 0 Å². The Bertz CT molecular complexity index is 901. The van der Waals surface area contributed by atoms with Gasteiger partial charge >= 0.3 is 6.18 Å². The Morgan fingerprint density at radius 1 is 1.28 bits per heavy atom. The van der Waals surface area contributed by atoms with Crippen LogP contribution in [0, 0.1) is 0 Å². The molecule has 0 spiro atoms. The van der Waals surface area contributed by atoms with Crippen molar-refractivity contribution in [3.05, 3.63) is 63.6 Å². The Hall–Kier alpha value is -3.03. The van der Waals surface area contributed by atoms with Gasteiger partial charge in [0.1, 0.15) is 11.4 Å². The first-order chi connectivity index (χ1) is 11.8. The van der Waals surface area contributed by atoms with E-state index in [4.69, 9.17) is 4.74 Å². The zero-order valence-corrected chi connectivity index (χ0v) is 12.8. The Balaban J connectivity index is 1.73. The van der Waals surface area contributed by atoms with Crippen LogP contribution in [0.4, 0.5) is 18.9 Å². The lowest BCUT2D eigenvalue weighted by atomic mass is 10.1. The lowest BCUT2D eigenvalue weighted by Crippen LogP contribution is -2.20. The molecule has 0 saturated carbocycles. The number of nitrogens with one attached hydrogen (secondary N) is 2. The highest BCUT2D eigenvalue weighted by Crippen LogP contribution is 2.29. The molecule has 3 rings (SSSR count). The number of amides is 1. The molecule has 1 aliphatic rings. The number of hydrogen-bond acceptors (Lipinski definition) is 3. The summed E-state index contributed by atoms with van der Waals surface area (Å²) in [5.41, 5.74) is -0.560. The molecule has 130 valence electrons. The van der Waals surface area contributed by atoms with Crippen molar-refractivity contribution in [3.8, 4) is 5.75 Å². The Morgan fingerprint density at radius 2 is 2.08 bits per heavy atom. The first kappa shape index (κ1) is 16.8. The van der Waals surface area contributed by atoms with Crippen LogP contribution in [0.2, 0.25) is 0 Å². The number of aromatic amines is 1. The molecule has 2 N–H and O–H groups in total. The van der Waals surface area contributed by atoms with Crippen LogP contribution in [0.25, 0.3) is 6.08 Å². The van der Waals surface area contributed by atoms with Crippen molar-refractivity contribution < 1.29 is 22.7 Å². The first-order valence-electron chi connectivity index (χ1n) is 7.37. The van der Waals surface area contributed by atoms with Crippen LogP contribution in [0.5, 0.6) is 5.75 Å². The maximum Gasteiger partial charge on any atom is 0.417 e.